The van der Waals surface area contributed by atoms with Crippen LogP contribution in [-0.2, 0) is 0 Å². The van der Waals surface area contributed by atoms with E-state index in [-0.39, 0.29) is 5.25 Å². The van der Waals surface area contributed by atoms with Gasteiger partial charge in [-0.05, 0) is 13.3 Å². The van der Waals surface area contributed by atoms with Gasteiger partial charge in [0.25, 0.3) is 0 Å². The summed E-state index contributed by atoms with van der Waals surface area (Å²) in [7, 11) is 0. The van der Waals surface area contributed by atoms with Gasteiger partial charge >= 0.3 is 0 Å². The van der Waals surface area contributed by atoms with Gasteiger partial charge < -0.3 is 17.2 Å². The van der Waals surface area contributed by atoms with E-state index in [1.807, 2.05) is 13.8 Å². The molecule has 6 N–H and O–H groups in total. The minimum Gasteiger partial charge on any atom is -0.400 e. The summed E-state index contributed by atoms with van der Waals surface area (Å²) in [5, 5.41) is 0.554. The number of anilines is 2. The third-order valence-electron chi connectivity index (χ3n) is 2.13. The minimum absolute atomic E-state index is 0.0312. The van der Waals surface area contributed by atoms with Gasteiger partial charge in [0.15, 0.2) is 5.16 Å². The van der Waals surface area contributed by atoms with Gasteiger partial charge in [0.1, 0.15) is 11.6 Å². The molecule has 0 saturated heterocycles. The summed E-state index contributed by atoms with van der Waals surface area (Å²) in [4.78, 5) is 9.05. The molecule has 1 rings (SSSR count). The lowest BCUT2D eigenvalue weighted by molar-refractivity contribution is 0.963. The van der Waals surface area contributed by atoms with Gasteiger partial charge in [0.2, 0.25) is 0 Å². The minimum atomic E-state index is 0.0312. The van der Waals surface area contributed by atoms with Crippen LogP contribution in [0.25, 0.3) is 0 Å². The quantitative estimate of drug-likeness (QED) is 0.377. The Balaban J connectivity index is 2.84. The summed E-state index contributed by atoms with van der Waals surface area (Å²) in [5.74, 6) is 0.715. The van der Waals surface area contributed by atoms with Crippen molar-refractivity contribution < 1.29 is 0 Å². The van der Waals surface area contributed by atoms with Crippen LogP contribution >= 0.6 is 24.4 Å². The molecule has 0 aliphatic carbocycles. The lowest BCUT2D eigenvalue weighted by Gasteiger charge is -2.13. The van der Waals surface area contributed by atoms with Crippen LogP contribution in [0.2, 0.25) is 0 Å². The highest BCUT2D eigenvalue weighted by atomic mass is 32.2. The number of aromatic nitrogens is 2. The highest BCUT2D eigenvalue weighted by Crippen LogP contribution is 2.27. The number of thiol groups is 1. The number of rotatable bonds is 4. The maximum atomic E-state index is 5.96. The second-order valence-electron chi connectivity index (χ2n) is 3.52. The van der Waals surface area contributed by atoms with Gasteiger partial charge in [-0.25, -0.2) is 9.97 Å². The summed E-state index contributed by atoms with van der Waals surface area (Å²) in [5.41, 5.74) is 17.9. The Labute approximate surface area is 111 Å². The average Bonchev–Trinajstić information content (AvgIpc) is 2.25. The summed E-state index contributed by atoms with van der Waals surface area (Å²) in [6.07, 6.45) is 0.805. The smallest absolute Gasteiger partial charge is 0.192 e. The Morgan fingerprint density at radius 3 is 2.41 bits per heavy atom. The summed E-state index contributed by atoms with van der Waals surface area (Å²) < 4.78 is 0. The largest absolute Gasteiger partial charge is 0.400 e. The molecule has 0 fully saturated rings. The zero-order chi connectivity index (χ0) is 13.0. The molecule has 0 spiro atoms. The van der Waals surface area contributed by atoms with Gasteiger partial charge in [-0.15, -0.1) is 12.6 Å². The van der Waals surface area contributed by atoms with Crippen LogP contribution in [0.3, 0.4) is 0 Å². The number of hydrogen-bond acceptors (Lipinski definition) is 7. The first kappa shape index (κ1) is 14.0. The molecule has 1 aromatic rings. The van der Waals surface area contributed by atoms with Crippen molar-refractivity contribution >= 4 is 36.0 Å². The molecule has 0 aliphatic heterocycles. The third kappa shape index (κ3) is 4.01. The maximum absolute atomic E-state index is 5.96. The van der Waals surface area contributed by atoms with E-state index in [1.54, 1.807) is 0 Å². The lowest BCUT2D eigenvalue weighted by atomic mass is 10.3. The van der Waals surface area contributed by atoms with E-state index in [0.717, 1.165) is 17.0 Å². The number of hydrogen-bond donors (Lipinski definition) is 4. The Morgan fingerprint density at radius 2 is 1.94 bits per heavy atom. The molecule has 0 radical (unpaired) electrons. The van der Waals surface area contributed by atoms with Crippen molar-refractivity contribution in [2.75, 3.05) is 11.5 Å². The first-order valence-corrected chi connectivity index (χ1v) is 6.50. The molecule has 5 nitrogen and oxygen atoms in total. The van der Waals surface area contributed by atoms with Crippen LogP contribution in [0.1, 0.15) is 20.3 Å². The van der Waals surface area contributed by atoms with Crippen LogP contribution < -0.4 is 17.2 Å². The topological polar surface area (TPSA) is 104 Å². The van der Waals surface area contributed by atoms with Crippen molar-refractivity contribution in [2.45, 2.75) is 30.7 Å². The maximum Gasteiger partial charge on any atom is 0.192 e. The summed E-state index contributed by atoms with van der Waals surface area (Å²) in [6.45, 7) is 3.97. The van der Waals surface area contributed by atoms with E-state index < -0.39 is 0 Å². The predicted molar refractivity (Wildman–Crippen MR) is 76.7 cm³/mol. The van der Waals surface area contributed by atoms with Crippen molar-refractivity contribution in [3.8, 4) is 0 Å². The molecule has 0 amide bonds. The summed E-state index contributed by atoms with van der Waals surface area (Å²) >= 11 is 5.73. The lowest BCUT2D eigenvalue weighted by Crippen LogP contribution is -2.13. The van der Waals surface area contributed by atoms with Gasteiger partial charge in [0, 0.05) is 21.9 Å². The zero-order valence-electron chi connectivity index (χ0n) is 9.84. The van der Waals surface area contributed by atoms with Gasteiger partial charge in [-0.2, -0.15) is 0 Å². The van der Waals surface area contributed by atoms with Crippen molar-refractivity contribution in [1.29, 1.82) is 0 Å². The Morgan fingerprint density at radius 1 is 1.41 bits per heavy atom. The number of nitrogen functional groups attached to an aromatic ring is 2. The first-order chi connectivity index (χ1) is 7.93. The molecule has 0 aromatic carbocycles. The third-order valence-corrected chi connectivity index (χ3v) is 3.71. The Bertz CT molecular complexity index is 412. The summed E-state index contributed by atoms with van der Waals surface area (Å²) in [6, 6.07) is 1.52. The van der Waals surface area contributed by atoms with Crippen molar-refractivity contribution in [1.82, 2.24) is 9.97 Å². The molecule has 0 bridgehead atoms. The van der Waals surface area contributed by atoms with E-state index in [9.17, 15) is 0 Å². The van der Waals surface area contributed by atoms with E-state index in [4.69, 9.17) is 17.2 Å². The normalized spacial score (nSPS) is 14.3. The van der Waals surface area contributed by atoms with Crippen molar-refractivity contribution in [2.24, 2.45) is 5.73 Å². The number of nitrogens with two attached hydrogens (primary N) is 3. The van der Waals surface area contributed by atoms with Gasteiger partial charge in [0.05, 0.1) is 0 Å². The number of nitrogens with zero attached hydrogens (tertiary/aromatic N) is 2. The molecular weight excluding hydrogens is 254 g/mol. The fraction of sp³-hybridized carbons (Fsp3) is 0.400. The highest BCUT2D eigenvalue weighted by molar-refractivity contribution is 8.00. The molecule has 94 valence electrons. The first-order valence-electron chi connectivity index (χ1n) is 5.18. The van der Waals surface area contributed by atoms with Crippen LogP contribution in [-0.4, -0.2) is 15.2 Å². The second kappa shape index (κ2) is 6.02. The van der Waals surface area contributed by atoms with E-state index >= 15 is 0 Å². The van der Waals surface area contributed by atoms with Gasteiger partial charge in [-0.3, -0.25) is 0 Å². The van der Waals surface area contributed by atoms with E-state index in [0.29, 0.717) is 16.8 Å². The van der Waals surface area contributed by atoms with Crippen molar-refractivity contribution in [3.05, 3.63) is 16.7 Å². The Hall–Kier alpha value is -1.08. The second-order valence-corrected chi connectivity index (χ2v) is 5.36. The molecule has 1 atom stereocenters. The van der Waals surface area contributed by atoms with E-state index in [1.165, 1.54) is 17.8 Å². The SMILES string of the molecule is CC/C(S)=C(/N)[C@H](C)Sc1nc(N)cc(N)n1. The number of allylic oxidation sites excluding steroid dienone is 1. The monoisotopic (exact) mass is 271 g/mol. The zero-order valence-corrected chi connectivity index (χ0v) is 11.6. The molecule has 7 heteroatoms. The van der Waals surface area contributed by atoms with Crippen LogP contribution in [0.5, 0.6) is 0 Å². The standard InChI is InChI=1S/C10H17N5S2/c1-3-6(16)9(13)5(2)17-10-14-7(11)4-8(12)15-10/h4-5,16H,3,13H2,1-2H3,(H4,11,12,14,15)/b9-6-/t5-/m0/s1. The Kier molecular flexibility index (Phi) is 4.95. The average molecular weight is 271 g/mol. The molecule has 17 heavy (non-hydrogen) atoms. The van der Waals surface area contributed by atoms with Gasteiger partial charge in [-0.1, -0.05) is 18.7 Å². The molecule has 1 heterocycles. The number of thioether (sulfide) groups is 1. The fourth-order valence-electron chi connectivity index (χ4n) is 1.18. The molecular formula is C10H17N5S2. The molecule has 1 aromatic heterocycles. The van der Waals surface area contributed by atoms with E-state index in [2.05, 4.69) is 22.6 Å². The van der Waals surface area contributed by atoms with Crippen molar-refractivity contribution in [3.63, 3.8) is 0 Å². The fourth-order valence-corrected chi connectivity index (χ4v) is 2.36. The molecule has 0 saturated carbocycles. The van der Waals surface area contributed by atoms with Crippen LogP contribution in [0.15, 0.2) is 21.8 Å². The predicted octanol–water partition coefficient (Wildman–Crippen LogP) is 1.63. The highest BCUT2D eigenvalue weighted by Gasteiger charge is 2.12. The molecule has 0 aliphatic rings. The van der Waals surface area contributed by atoms with Crippen LogP contribution in [0, 0.1) is 0 Å². The molecule has 0 unspecified atom stereocenters. The van der Waals surface area contributed by atoms with Crippen LogP contribution in [0.4, 0.5) is 11.6 Å².